The zero-order chi connectivity index (χ0) is 17.1. The molecule has 2 heterocycles. The van der Waals surface area contributed by atoms with E-state index in [1.165, 1.54) is 0 Å². The van der Waals surface area contributed by atoms with Gasteiger partial charge < -0.3 is 20.1 Å². The molecule has 0 bridgehead atoms. The lowest BCUT2D eigenvalue weighted by molar-refractivity contribution is -0.116. The SMILES string of the molecule is Cc1nccn1CCN(C)C(=O)NC1CC(=O)Nc2ccccc21. The molecule has 1 aliphatic heterocycles. The third-order valence-electron chi connectivity index (χ3n) is 4.24. The Kier molecular flexibility index (Phi) is 4.50. The second-order valence-corrected chi connectivity index (χ2v) is 5.93. The minimum Gasteiger partial charge on any atom is -0.333 e. The molecule has 0 saturated heterocycles. The van der Waals surface area contributed by atoms with Crippen LogP contribution < -0.4 is 10.6 Å². The Bertz CT molecular complexity index is 755. The monoisotopic (exact) mass is 327 g/mol. The van der Waals surface area contributed by atoms with Gasteiger partial charge in [-0.3, -0.25) is 4.79 Å². The first-order chi connectivity index (χ1) is 11.5. The summed E-state index contributed by atoms with van der Waals surface area (Å²) in [7, 11) is 1.75. The van der Waals surface area contributed by atoms with E-state index in [-0.39, 0.29) is 24.4 Å². The quantitative estimate of drug-likeness (QED) is 0.900. The van der Waals surface area contributed by atoms with Crippen molar-refractivity contribution in [3.63, 3.8) is 0 Å². The Morgan fingerprint density at radius 2 is 2.25 bits per heavy atom. The molecule has 1 aromatic carbocycles. The van der Waals surface area contributed by atoms with E-state index in [1.807, 2.05) is 42.0 Å². The summed E-state index contributed by atoms with van der Waals surface area (Å²) in [6, 6.07) is 7.04. The van der Waals surface area contributed by atoms with E-state index >= 15 is 0 Å². The maximum absolute atomic E-state index is 12.4. The van der Waals surface area contributed by atoms with Crippen molar-refractivity contribution in [2.45, 2.75) is 25.9 Å². The number of aryl methyl sites for hydroxylation is 1. The van der Waals surface area contributed by atoms with E-state index in [9.17, 15) is 9.59 Å². The number of carbonyl (C=O) groups is 2. The van der Waals surface area contributed by atoms with Crippen LogP contribution in [0, 0.1) is 6.92 Å². The maximum atomic E-state index is 12.4. The van der Waals surface area contributed by atoms with E-state index in [1.54, 1.807) is 18.1 Å². The molecule has 126 valence electrons. The molecule has 1 aromatic heterocycles. The number of nitrogens with zero attached hydrogens (tertiary/aromatic N) is 3. The van der Waals surface area contributed by atoms with Gasteiger partial charge in [0.1, 0.15) is 5.82 Å². The van der Waals surface area contributed by atoms with Crippen LogP contribution in [0.3, 0.4) is 0 Å². The number of hydrogen-bond donors (Lipinski definition) is 2. The lowest BCUT2D eigenvalue weighted by Gasteiger charge is -2.28. The number of urea groups is 1. The summed E-state index contributed by atoms with van der Waals surface area (Å²) in [6.45, 7) is 3.17. The highest BCUT2D eigenvalue weighted by Gasteiger charge is 2.26. The Hall–Kier alpha value is -2.83. The summed E-state index contributed by atoms with van der Waals surface area (Å²) in [6.07, 6.45) is 3.88. The van der Waals surface area contributed by atoms with Gasteiger partial charge in [-0.25, -0.2) is 9.78 Å². The van der Waals surface area contributed by atoms with Crippen molar-refractivity contribution in [2.75, 3.05) is 18.9 Å². The average molecular weight is 327 g/mol. The Morgan fingerprint density at radius 3 is 3.00 bits per heavy atom. The molecule has 7 nitrogen and oxygen atoms in total. The summed E-state index contributed by atoms with van der Waals surface area (Å²) < 4.78 is 1.99. The number of para-hydroxylation sites is 1. The van der Waals surface area contributed by atoms with Crippen LogP contribution in [0.4, 0.5) is 10.5 Å². The van der Waals surface area contributed by atoms with Crippen molar-refractivity contribution in [1.82, 2.24) is 19.8 Å². The molecule has 2 N–H and O–H groups in total. The number of rotatable bonds is 4. The third-order valence-corrected chi connectivity index (χ3v) is 4.24. The summed E-state index contributed by atoms with van der Waals surface area (Å²) >= 11 is 0. The molecule has 0 spiro atoms. The lowest BCUT2D eigenvalue weighted by Crippen LogP contribution is -2.43. The maximum Gasteiger partial charge on any atom is 0.317 e. The highest BCUT2D eigenvalue weighted by atomic mass is 16.2. The van der Waals surface area contributed by atoms with Crippen LogP contribution in [-0.4, -0.2) is 40.0 Å². The Balaban J connectivity index is 1.62. The van der Waals surface area contributed by atoms with Crippen LogP contribution in [0.5, 0.6) is 0 Å². The number of carbonyl (C=O) groups excluding carboxylic acids is 2. The number of nitrogens with one attached hydrogen (secondary N) is 2. The van der Waals surface area contributed by atoms with Crippen LogP contribution in [0.1, 0.15) is 23.9 Å². The minimum absolute atomic E-state index is 0.0873. The van der Waals surface area contributed by atoms with Gasteiger partial charge in [0.25, 0.3) is 0 Å². The zero-order valence-electron chi connectivity index (χ0n) is 13.8. The minimum atomic E-state index is -0.306. The van der Waals surface area contributed by atoms with Gasteiger partial charge >= 0.3 is 6.03 Å². The van der Waals surface area contributed by atoms with Gasteiger partial charge in [-0.2, -0.15) is 0 Å². The van der Waals surface area contributed by atoms with Crippen LogP contribution in [-0.2, 0) is 11.3 Å². The van der Waals surface area contributed by atoms with Crippen LogP contribution in [0.2, 0.25) is 0 Å². The van der Waals surface area contributed by atoms with Gasteiger partial charge in [0.15, 0.2) is 0 Å². The first-order valence-corrected chi connectivity index (χ1v) is 7.92. The molecule has 1 atom stereocenters. The molecule has 1 aliphatic rings. The normalized spacial score (nSPS) is 16.2. The molecule has 24 heavy (non-hydrogen) atoms. The van der Waals surface area contributed by atoms with Gasteiger partial charge in [0, 0.05) is 38.2 Å². The van der Waals surface area contributed by atoms with E-state index in [0.29, 0.717) is 13.1 Å². The van der Waals surface area contributed by atoms with Gasteiger partial charge in [-0.1, -0.05) is 18.2 Å². The Labute approximate surface area is 140 Å². The van der Waals surface area contributed by atoms with Crippen molar-refractivity contribution in [3.8, 4) is 0 Å². The van der Waals surface area contributed by atoms with Crippen LogP contribution in [0.25, 0.3) is 0 Å². The number of hydrogen-bond acceptors (Lipinski definition) is 3. The van der Waals surface area contributed by atoms with E-state index in [2.05, 4.69) is 15.6 Å². The lowest BCUT2D eigenvalue weighted by atomic mass is 9.97. The molecule has 7 heteroatoms. The van der Waals surface area contributed by atoms with E-state index < -0.39 is 0 Å². The summed E-state index contributed by atoms with van der Waals surface area (Å²) in [5, 5.41) is 5.78. The number of amides is 3. The Morgan fingerprint density at radius 1 is 1.46 bits per heavy atom. The number of imidazole rings is 1. The van der Waals surface area contributed by atoms with E-state index in [0.717, 1.165) is 17.1 Å². The summed E-state index contributed by atoms with van der Waals surface area (Å²) in [5.41, 5.74) is 1.69. The molecule has 3 rings (SSSR count). The summed E-state index contributed by atoms with van der Waals surface area (Å²) in [4.78, 5) is 30.0. The van der Waals surface area contributed by atoms with Gasteiger partial charge in [-0.05, 0) is 18.6 Å². The first kappa shape index (κ1) is 16.0. The van der Waals surface area contributed by atoms with Crippen molar-refractivity contribution < 1.29 is 9.59 Å². The van der Waals surface area contributed by atoms with Gasteiger partial charge in [0.05, 0.1) is 12.5 Å². The number of fused-ring (bicyclic) bond motifs is 1. The molecule has 3 amide bonds. The molecule has 1 unspecified atom stereocenters. The zero-order valence-corrected chi connectivity index (χ0v) is 13.8. The molecular formula is C17H21N5O2. The fourth-order valence-electron chi connectivity index (χ4n) is 2.80. The van der Waals surface area contributed by atoms with Gasteiger partial charge in [-0.15, -0.1) is 0 Å². The highest BCUT2D eigenvalue weighted by molar-refractivity contribution is 5.95. The molecule has 0 saturated carbocycles. The van der Waals surface area contributed by atoms with Crippen LogP contribution in [0.15, 0.2) is 36.7 Å². The van der Waals surface area contributed by atoms with Crippen molar-refractivity contribution in [2.24, 2.45) is 0 Å². The fourth-order valence-corrected chi connectivity index (χ4v) is 2.80. The van der Waals surface area contributed by atoms with Crippen LogP contribution >= 0.6 is 0 Å². The summed E-state index contributed by atoms with van der Waals surface area (Å²) in [5.74, 6) is 0.831. The third kappa shape index (κ3) is 3.40. The number of benzene rings is 1. The number of likely N-dealkylation sites (N-methyl/N-ethyl adjacent to an activating group) is 1. The smallest absolute Gasteiger partial charge is 0.317 e. The highest BCUT2D eigenvalue weighted by Crippen LogP contribution is 2.29. The topological polar surface area (TPSA) is 79.3 Å². The largest absolute Gasteiger partial charge is 0.333 e. The average Bonchev–Trinajstić information content (AvgIpc) is 2.97. The fraction of sp³-hybridized carbons (Fsp3) is 0.353. The number of aromatic nitrogens is 2. The van der Waals surface area contributed by atoms with Crippen molar-refractivity contribution >= 4 is 17.6 Å². The van der Waals surface area contributed by atoms with Crippen molar-refractivity contribution in [1.29, 1.82) is 0 Å². The molecule has 0 aliphatic carbocycles. The first-order valence-electron chi connectivity index (χ1n) is 7.92. The number of anilines is 1. The molecule has 0 fully saturated rings. The van der Waals surface area contributed by atoms with Crippen molar-refractivity contribution in [3.05, 3.63) is 48.0 Å². The predicted octanol–water partition coefficient (Wildman–Crippen LogP) is 1.92. The second kappa shape index (κ2) is 6.74. The van der Waals surface area contributed by atoms with Gasteiger partial charge in [0.2, 0.25) is 5.91 Å². The van der Waals surface area contributed by atoms with E-state index in [4.69, 9.17) is 0 Å². The second-order valence-electron chi connectivity index (χ2n) is 5.93. The predicted molar refractivity (Wildman–Crippen MR) is 90.6 cm³/mol. The molecule has 0 radical (unpaired) electrons. The molecular weight excluding hydrogens is 306 g/mol. The molecule has 2 aromatic rings. The standard InChI is InChI=1S/C17H21N5O2/c1-12-18-7-8-22(12)10-9-21(2)17(24)20-15-11-16(23)19-14-6-4-3-5-13(14)15/h3-8,15H,9-11H2,1-2H3,(H,19,23)(H,20,24).